The van der Waals surface area contributed by atoms with E-state index in [9.17, 15) is 0 Å². The third kappa shape index (κ3) is 2.47. The molecule has 1 aromatic heterocycles. The lowest BCUT2D eigenvalue weighted by Gasteiger charge is -2.30. The topological polar surface area (TPSA) is 50.9 Å². The Labute approximate surface area is 120 Å². The van der Waals surface area contributed by atoms with Gasteiger partial charge in [0.15, 0.2) is 0 Å². The summed E-state index contributed by atoms with van der Waals surface area (Å²) in [6.45, 7) is 2.08. The van der Waals surface area contributed by atoms with Crippen LogP contribution in [0.5, 0.6) is 0 Å². The lowest BCUT2D eigenvalue weighted by atomic mass is 9.77. The minimum absolute atomic E-state index is 0.0355. The Balaban J connectivity index is 2.01. The van der Waals surface area contributed by atoms with Crippen molar-refractivity contribution in [3.8, 4) is 0 Å². The first-order valence-corrected chi connectivity index (χ1v) is 7.27. The van der Waals surface area contributed by atoms with Gasteiger partial charge in [-0.1, -0.05) is 30.7 Å². The molecule has 1 fully saturated rings. The second-order valence-corrected chi connectivity index (χ2v) is 5.61. The van der Waals surface area contributed by atoms with Gasteiger partial charge in [-0.05, 0) is 54.5 Å². The fourth-order valence-corrected chi connectivity index (χ4v) is 2.92. The number of aryl methyl sites for hydroxylation is 1. The van der Waals surface area contributed by atoms with Crippen LogP contribution in [0.2, 0.25) is 0 Å². The van der Waals surface area contributed by atoms with E-state index in [1.165, 1.54) is 36.0 Å². The minimum atomic E-state index is -0.0355. The van der Waals surface area contributed by atoms with E-state index in [2.05, 4.69) is 47.7 Å². The number of hydrazine groups is 1. The highest BCUT2D eigenvalue weighted by atomic mass is 15.2. The van der Waals surface area contributed by atoms with Crippen LogP contribution in [0.25, 0.3) is 0 Å². The predicted octanol–water partition coefficient (Wildman–Crippen LogP) is 3.21. The summed E-state index contributed by atoms with van der Waals surface area (Å²) in [5.41, 5.74) is 7.82. The lowest BCUT2D eigenvalue weighted by Crippen LogP contribution is -2.31. The van der Waals surface area contributed by atoms with Crippen molar-refractivity contribution in [3.63, 3.8) is 0 Å². The fraction of sp³-hybridized carbons (Fsp3) is 0.353. The molecular weight excluding hydrogens is 246 g/mol. The highest BCUT2D eigenvalue weighted by molar-refractivity contribution is 5.38. The molecule has 1 aliphatic rings. The first-order chi connectivity index (χ1) is 9.79. The maximum Gasteiger partial charge on any atom is 0.0884 e. The molecule has 20 heavy (non-hydrogen) atoms. The van der Waals surface area contributed by atoms with Crippen molar-refractivity contribution in [3.05, 3.63) is 65.0 Å². The van der Waals surface area contributed by atoms with Gasteiger partial charge < -0.3 is 0 Å². The van der Waals surface area contributed by atoms with Gasteiger partial charge in [-0.3, -0.25) is 10.8 Å². The number of rotatable bonds is 4. The average Bonchev–Trinajstić information content (AvgIpc) is 2.40. The first kappa shape index (κ1) is 13.3. The summed E-state index contributed by atoms with van der Waals surface area (Å²) < 4.78 is 0. The average molecular weight is 267 g/mol. The van der Waals surface area contributed by atoms with Crippen LogP contribution in [-0.4, -0.2) is 4.98 Å². The van der Waals surface area contributed by atoms with E-state index in [0.717, 1.165) is 5.69 Å². The maximum absolute atomic E-state index is 5.83. The molecule has 1 atom stereocenters. The van der Waals surface area contributed by atoms with Gasteiger partial charge in [-0.2, -0.15) is 0 Å². The molecule has 3 N–H and O–H groups in total. The van der Waals surface area contributed by atoms with E-state index in [1.807, 2.05) is 12.3 Å². The number of hydrogen-bond acceptors (Lipinski definition) is 3. The number of pyridine rings is 1. The van der Waals surface area contributed by atoms with Gasteiger partial charge in [0.1, 0.15) is 0 Å². The number of benzene rings is 1. The molecule has 3 nitrogen and oxygen atoms in total. The molecule has 1 saturated carbocycles. The van der Waals surface area contributed by atoms with Crippen LogP contribution in [0.15, 0.2) is 42.6 Å². The molecule has 0 amide bonds. The van der Waals surface area contributed by atoms with Gasteiger partial charge in [0.2, 0.25) is 0 Å². The van der Waals surface area contributed by atoms with Gasteiger partial charge >= 0.3 is 0 Å². The highest BCUT2D eigenvalue weighted by Gasteiger charge is 2.25. The molecule has 1 unspecified atom stereocenters. The summed E-state index contributed by atoms with van der Waals surface area (Å²) in [7, 11) is 0. The molecular formula is C17H21N3. The summed E-state index contributed by atoms with van der Waals surface area (Å²) in [6, 6.07) is 12.7. The SMILES string of the molecule is Cc1ccnc(C(NN)c2ccccc2C2CCC2)c1. The van der Waals surface area contributed by atoms with Gasteiger partial charge in [-0.15, -0.1) is 0 Å². The van der Waals surface area contributed by atoms with Crippen LogP contribution in [0, 0.1) is 6.92 Å². The third-order valence-corrected chi connectivity index (χ3v) is 4.25. The number of nitrogens with zero attached hydrogens (tertiary/aromatic N) is 1. The predicted molar refractivity (Wildman–Crippen MR) is 81.2 cm³/mol. The standard InChI is InChI=1S/C17H21N3/c1-12-9-10-19-16(11-12)17(20-18)15-8-3-2-7-14(15)13-5-4-6-13/h2-3,7-11,13,17,20H,4-6,18H2,1H3. The van der Waals surface area contributed by atoms with Crippen molar-refractivity contribution in [2.24, 2.45) is 5.84 Å². The Morgan fingerprint density at radius 2 is 2.05 bits per heavy atom. The molecule has 1 aliphatic carbocycles. The molecule has 0 spiro atoms. The highest BCUT2D eigenvalue weighted by Crippen LogP contribution is 2.40. The van der Waals surface area contributed by atoms with E-state index < -0.39 is 0 Å². The monoisotopic (exact) mass is 267 g/mol. The third-order valence-electron chi connectivity index (χ3n) is 4.25. The summed E-state index contributed by atoms with van der Waals surface area (Å²) in [4.78, 5) is 4.49. The quantitative estimate of drug-likeness (QED) is 0.660. The van der Waals surface area contributed by atoms with Crippen LogP contribution in [0.4, 0.5) is 0 Å². The molecule has 0 bridgehead atoms. The Kier molecular flexibility index (Phi) is 3.81. The van der Waals surface area contributed by atoms with Gasteiger partial charge in [0.25, 0.3) is 0 Å². The summed E-state index contributed by atoms with van der Waals surface area (Å²) in [5.74, 6) is 6.51. The summed E-state index contributed by atoms with van der Waals surface area (Å²) in [5, 5.41) is 0. The number of aromatic nitrogens is 1. The second kappa shape index (κ2) is 5.73. The smallest absolute Gasteiger partial charge is 0.0884 e. The summed E-state index contributed by atoms with van der Waals surface area (Å²) >= 11 is 0. The molecule has 0 aliphatic heterocycles. The Morgan fingerprint density at radius 3 is 2.70 bits per heavy atom. The first-order valence-electron chi connectivity index (χ1n) is 7.27. The normalized spacial score (nSPS) is 16.7. The zero-order valence-electron chi connectivity index (χ0n) is 11.8. The van der Waals surface area contributed by atoms with Crippen molar-refractivity contribution < 1.29 is 0 Å². The molecule has 2 aromatic rings. The maximum atomic E-state index is 5.83. The van der Waals surface area contributed by atoms with Crippen LogP contribution in [0.3, 0.4) is 0 Å². The summed E-state index contributed by atoms with van der Waals surface area (Å²) in [6.07, 6.45) is 5.76. The van der Waals surface area contributed by atoms with E-state index in [4.69, 9.17) is 5.84 Å². The van der Waals surface area contributed by atoms with Crippen LogP contribution < -0.4 is 11.3 Å². The fourth-order valence-electron chi connectivity index (χ4n) is 2.92. The van der Waals surface area contributed by atoms with Crippen LogP contribution in [-0.2, 0) is 0 Å². The van der Waals surface area contributed by atoms with E-state index in [0.29, 0.717) is 5.92 Å². The van der Waals surface area contributed by atoms with Crippen LogP contribution in [0.1, 0.15) is 53.6 Å². The van der Waals surface area contributed by atoms with Gasteiger partial charge in [0.05, 0.1) is 11.7 Å². The molecule has 0 radical (unpaired) electrons. The molecule has 104 valence electrons. The molecule has 3 heteroatoms. The zero-order chi connectivity index (χ0) is 13.9. The largest absolute Gasteiger partial charge is 0.271 e. The van der Waals surface area contributed by atoms with Crippen molar-refractivity contribution in [2.75, 3.05) is 0 Å². The van der Waals surface area contributed by atoms with E-state index >= 15 is 0 Å². The van der Waals surface area contributed by atoms with Crippen molar-refractivity contribution >= 4 is 0 Å². The number of nitrogens with one attached hydrogen (secondary N) is 1. The van der Waals surface area contributed by atoms with Crippen LogP contribution >= 0.6 is 0 Å². The Hall–Kier alpha value is -1.71. The molecule has 3 rings (SSSR count). The number of hydrogen-bond donors (Lipinski definition) is 2. The van der Waals surface area contributed by atoms with Crippen molar-refractivity contribution in [1.82, 2.24) is 10.4 Å². The molecule has 1 aromatic carbocycles. The zero-order valence-corrected chi connectivity index (χ0v) is 11.8. The molecule has 0 saturated heterocycles. The van der Waals surface area contributed by atoms with Gasteiger partial charge in [-0.25, -0.2) is 5.43 Å². The second-order valence-electron chi connectivity index (χ2n) is 5.61. The molecule has 1 heterocycles. The van der Waals surface area contributed by atoms with E-state index in [-0.39, 0.29) is 6.04 Å². The van der Waals surface area contributed by atoms with E-state index in [1.54, 1.807) is 0 Å². The minimum Gasteiger partial charge on any atom is -0.271 e. The van der Waals surface area contributed by atoms with Crippen molar-refractivity contribution in [2.45, 2.75) is 38.1 Å². The lowest BCUT2D eigenvalue weighted by molar-refractivity contribution is 0.414. The number of nitrogens with two attached hydrogens (primary N) is 1. The Morgan fingerprint density at radius 1 is 1.25 bits per heavy atom. The van der Waals surface area contributed by atoms with Crippen molar-refractivity contribution in [1.29, 1.82) is 0 Å². The Bertz CT molecular complexity index is 590. The van der Waals surface area contributed by atoms with Gasteiger partial charge in [0, 0.05) is 6.20 Å².